The fraction of sp³-hybridized carbons (Fsp3) is 0.579. The van der Waals surface area contributed by atoms with Gasteiger partial charge in [-0.25, -0.2) is 4.52 Å². The van der Waals surface area contributed by atoms with Gasteiger partial charge in [0, 0.05) is 38.3 Å². The number of carbonyl (C=O) groups is 1. The number of pyridine rings is 1. The Kier molecular flexibility index (Phi) is 4.27. The van der Waals surface area contributed by atoms with E-state index in [1.165, 1.54) is 31.4 Å². The summed E-state index contributed by atoms with van der Waals surface area (Å²) < 4.78 is 2.00. The number of nitrogens with zero attached hydrogens (tertiary/aromatic N) is 4. The lowest BCUT2D eigenvalue weighted by molar-refractivity contribution is -0.129. The van der Waals surface area contributed by atoms with Gasteiger partial charge in [-0.2, -0.15) is 5.10 Å². The van der Waals surface area contributed by atoms with Gasteiger partial charge in [0.15, 0.2) is 0 Å². The highest BCUT2D eigenvalue weighted by Gasteiger charge is 2.35. The van der Waals surface area contributed by atoms with Gasteiger partial charge in [-0.3, -0.25) is 4.79 Å². The van der Waals surface area contributed by atoms with Gasteiger partial charge in [-0.05, 0) is 44.0 Å². The van der Waals surface area contributed by atoms with Gasteiger partial charge in [0.2, 0.25) is 5.91 Å². The lowest BCUT2D eigenvalue weighted by Gasteiger charge is -2.25. The van der Waals surface area contributed by atoms with Crippen LogP contribution >= 0.6 is 0 Å². The number of amides is 1. The molecule has 0 bridgehead atoms. The molecule has 0 radical (unpaired) electrons. The van der Waals surface area contributed by atoms with Crippen molar-refractivity contribution in [2.75, 3.05) is 20.1 Å². The summed E-state index contributed by atoms with van der Waals surface area (Å²) in [5.41, 5.74) is 2.32. The molecule has 1 atom stereocenters. The predicted octanol–water partition coefficient (Wildman–Crippen LogP) is 2.56. The van der Waals surface area contributed by atoms with E-state index >= 15 is 0 Å². The van der Waals surface area contributed by atoms with Crippen LogP contribution in [0.4, 0.5) is 0 Å². The average molecular weight is 326 g/mol. The van der Waals surface area contributed by atoms with Gasteiger partial charge >= 0.3 is 0 Å². The van der Waals surface area contributed by atoms with Crippen molar-refractivity contribution in [2.24, 2.45) is 5.92 Å². The van der Waals surface area contributed by atoms with E-state index in [0.29, 0.717) is 24.3 Å². The normalized spacial score (nSPS) is 22.3. The van der Waals surface area contributed by atoms with Crippen LogP contribution in [-0.2, 0) is 11.3 Å². The number of likely N-dealkylation sites (tertiary alicyclic amines) is 1. The molecule has 24 heavy (non-hydrogen) atoms. The highest BCUT2D eigenvalue weighted by molar-refractivity contribution is 5.79. The molecular formula is C19H26N4O. The second kappa shape index (κ2) is 6.55. The summed E-state index contributed by atoms with van der Waals surface area (Å²) in [6.07, 6.45) is 7.53. The van der Waals surface area contributed by atoms with Crippen LogP contribution < -0.4 is 0 Å². The van der Waals surface area contributed by atoms with E-state index in [9.17, 15) is 4.79 Å². The fourth-order valence-corrected chi connectivity index (χ4v) is 4.41. The van der Waals surface area contributed by atoms with Gasteiger partial charge in [0.05, 0.1) is 11.2 Å². The maximum absolute atomic E-state index is 12.3. The topological polar surface area (TPSA) is 40.9 Å². The van der Waals surface area contributed by atoms with Crippen LogP contribution in [-0.4, -0.2) is 51.5 Å². The van der Waals surface area contributed by atoms with Gasteiger partial charge in [0.1, 0.15) is 0 Å². The van der Waals surface area contributed by atoms with E-state index in [4.69, 9.17) is 0 Å². The van der Waals surface area contributed by atoms with Crippen LogP contribution in [0.15, 0.2) is 30.5 Å². The van der Waals surface area contributed by atoms with Crippen molar-refractivity contribution in [3.8, 4) is 0 Å². The maximum atomic E-state index is 12.3. The molecular weight excluding hydrogens is 300 g/mol. The minimum absolute atomic E-state index is 0.370. The van der Waals surface area contributed by atoms with Gasteiger partial charge in [-0.15, -0.1) is 0 Å². The van der Waals surface area contributed by atoms with E-state index in [2.05, 4.69) is 40.1 Å². The first-order chi connectivity index (χ1) is 11.7. The molecule has 2 fully saturated rings. The highest BCUT2D eigenvalue weighted by Crippen LogP contribution is 2.29. The predicted molar refractivity (Wildman–Crippen MR) is 93.6 cm³/mol. The Labute approximate surface area is 143 Å². The van der Waals surface area contributed by atoms with E-state index in [-0.39, 0.29) is 0 Å². The Morgan fingerprint density at radius 3 is 2.92 bits per heavy atom. The zero-order valence-electron chi connectivity index (χ0n) is 14.4. The Morgan fingerprint density at radius 2 is 2.08 bits per heavy atom. The van der Waals surface area contributed by atoms with Crippen molar-refractivity contribution >= 4 is 11.4 Å². The fourth-order valence-electron chi connectivity index (χ4n) is 4.41. The number of fused-ring (bicyclic) bond motifs is 1. The third kappa shape index (κ3) is 3.05. The van der Waals surface area contributed by atoms with Gasteiger partial charge in [-0.1, -0.05) is 18.9 Å². The SMILES string of the molecule is CN(Cc1cccc2ccnn12)CC1CC(=O)N(C2CCCC2)C1. The quantitative estimate of drug-likeness (QED) is 0.848. The third-order valence-electron chi connectivity index (χ3n) is 5.51. The first-order valence-electron chi connectivity index (χ1n) is 9.10. The standard InChI is InChI=1S/C19H26N4O/c1-21(14-18-8-4-7-17-9-10-20-23(17)18)12-15-11-19(24)22(13-15)16-5-2-3-6-16/h4,7-10,15-16H,2-3,5-6,11-14H2,1H3. The molecule has 4 rings (SSSR count). The van der Waals surface area contributed by atoms with Crippen LogP contribution in [0.2, 0.25) is 0 Å². The van der Waals surface area contributed by atoms with Gasteiger partial charge in [0.25, 0.3) is 0 Å². The summed E-state index contributed by atoms with van der Waals surface area (Å²) in [6, 6.07) is 8.83. The Bertz CT molecular complexity index is 719. The summed E-state index contributed by atoms with van der Waals surface area (Å²) >= 11 is 0. The summed E-state index contributed by atoms with van der Waals surface area (Å²) in [4.78, 5) is 16.8. The molecule has 2 aliphatic rings. The van der Waals surface area contributed by atoms with Crippen LogP contribution in [0, 0.1) is 5.92 Å². The summed E-state index contributed by atoms with van der Waals surface area (Å²) in [7, 11) is 2.14. The molecule has 5 nitrogen and oxygen atoms in total. The summed E-state index contributed by atoms with van der Waals surface area (Å²) in [5, 5.41) is 4.41. The molecule has 2 aromatic heterocycles. The van der Waals surface area contributed by atoms with Crippen LogP contribution in [0.1, 0.15) is 37.8 Å². The first kappa shape index (κ1) is 15.6. The average Bonchev–Trinajstić information content (AvgIpc) is 3.27. The van der Waals surface area contributed by atoms with E-state index < -0.39 is 0 Å². The van der Waals surface area contributed by atoms with Crippen LogP contribution in [0.25, 0.3) is 5.52 Å². The molecule has 1 aliphatic carbocycles. The zero-order valence-corrected chi connectivity index (χ0v) is 14.4. The molecule has 1 aliphatic heterocycles. The molecule has 0 aromatic carbocycles. The molecule has 1 unspecified atom stereocenters. The molecule has 5 heteroatoms. The Balaban J connectivity index is 1.37. The molecule has 1 amide bonds. The van der Waals surface area contributed by atoms with E-state index in [1.54, 1.807) is 0 Å². The van der Waals surface area contributed by atoms with E-state index in [0.717, 1.165) is 25.2 Å². The number of carbonyl (C=O) groups excluding carboxylic acids is 1. The van der Waals surface area contributed by atoms with Crippen LogP contribution in [0.5, 0.6) is 0 Å². The molecule has 1 saturated heterocycles. The highest BCUT2D eigenvalue weighted by atomic mass is 16.2. The van der Waals surface area contributed by atoms with Crippen molar-refractivity contribution in [3.63, 3.8) is 0 Å². The molecule has 0 N–H and O–H groups in total. The van der Waals surface area contributed by atoms with Crippen molar-refractivity contribution in [1.82, 2.24) is 19.4 Å². The maximum Gasteiger partial charge on any atom is 0.223 e. The summed E-state index contributed by atoms with van der Waals surface area (Å²) in [6.45, 7) is 2.76. The number of aromatic nitrogens is 2. The Morgan fingerprint density at radius 1 is 1.25 bits per heavy atom. The third-order valence-corrected chi connectivity index (χ3v) is 5.51. The van der Waals surface area contributed by atoms with Crippen molar-refractivity contribution in [2.45, 2.75) is 44.7 Å². The zero-order chi connectivity index (χ0) is 16.5. The summed E-state index contributed by atoms with van der Waals surface area (Å²) in [5.74, 6) is 0.828. The second-order valence-corrected chi connectivity index (χ2v) is 7.44. The minimum Gasteiger partial charge on any atom is -0.339 e. The van der Waals surface area contributed by atoms with Crippen molar-refractivity contribution < 1.29 is 4.79 Å². The van der Waals surface area contributed by atoms with Crippen LogP contribution in [0.3, 0.4) is 0 Å². The Hall–Kier alpha value is -1.88. The van der Waals surface area contributed by atoms with E-state index in [1.807, 2.05) is 16.8 Å². The van der Waals surface area contributed by atoms with Crippen molar-refractivity contribution in [1.29, 1.82) is 0 Å². The lowest BCUT2D eigenvalue weighted by atomic mass is 10.1. The lowest BCUT2D eigenvalue weighted by Crippen LogP contribution is -2.35. The number of hydrogen-bond donors (Lipinski definition) is 0. The van der Waals surface area contributed by atoms with Gasteiger partial charge < -0.3 is 9.80 Å². The molecule has 3 heterocycles. The molecule has 0 spiro atoms. The second-order valence-electron chi connectivity index (χ2n) is 7.44. The molecule has 2 aromatic rings. The monoisotopic (exact) mass is 326 g/mol. The molecule has 1 saturated carbocycles. The molecule has 128 valence electrons. The number of rotatable bonds is 5. The minimum atomic E-state index is 0.370. The largest absolute Gasteiger partial charge is 0.339 e. The smallest absolute Gasteiger partial charge is 0.223 e. The van der Waals surface area contributed by atoms with Crippen molar-refractivity contribution in [3.05, 3.63) is 36.2 Å². The number of hydrogen-bond acceptors (Lipinski definition) is 3. The first-order valence-corrected chi connectivity index (χ1v) is 9.10.